The number of quaternary nitrogens is 1. The lowest BCUT2D eigenvalue weighted by Crippen LogP contribution is -3.13. The molecule has 1 heterocycles. The number of alkyl halides is 2. The molecule has 0 aromatic heterocycles. The average molecular weight is 408 g/mol. The number of morpholine rings is 1. The Morgan fingerprint density at radius 2 is 1.93 bits per heavy atom. The van der Waals surface area contributed by atoms with Crippen LogP contribution in [0.25, 0.3) is 0 Å². The van der Waals surface area contributed by atoms with E-state index in [1.807, 2.05) is 6.07 Å². The maximum absolute atomic E-state index is 12.2. The molecule has 0 amide bonds. The van der Waals surface area contributed by atoms with Crippen LogP contribution in [0.15, 0.2) is 54.6 Å². The third-order valence-corrected chi connectivity index (χ3v) is 4.70. The average Bonchev–Trinajstić information content (AvgIpc) is 2.69. The van der Waals surface area contributed by atoms with Gasteiger partial charge >= 0.3 is 6.61 Å². The van der Waals surface area contributed by atoms with Gasteiger partial charge in [0.25, 0.3) is 0 Å². The molecule has 0 spiro atoms. The quantitative estimate of drug-likeness (QED) is 0.613. The van der Waals surface area contributed by atoms with Gasteiger partial charge in [0, 0.05) is 17.8 Å². The molecule has 0 saturated carbocycles. The van der Waals surface area contributed by atoms with Crippen molar-refractivity contribution in [3.05, 3.63) is 60.2 Å². The van der Waals surface area contributed by atoms with Crippen molar-refractivity contribution in [2.75, 3.05) is 31.6 Å². The van der Waals surface area contributed by atoms with E-state index in [9.17, 15) is 8.78 Å². The predicted octanol–water partition coefficient (Wildman–Crippen LogP) is 2.06. The van der Waals surface area contributed by atoms with Gasteiger partial charge in [-0.1, -0.05) is 30.3 Å². The highest BCUT2D eigenvalue weighted by Crippen LogP contribution is 2.17. The standard InChI is InChI=1S/C20H23F2N3O2S/c21-19(22)27-17-8-6-16(7-9-17)24-20(28)23-12-18-14-25(10-11-26-18)13-15-4-2-1-3-5-15/h1-9,18-19H,10-14H2,(H2,23,24,28)/p+1/t18-/m1/s1. The maximum atomic E-state index is 12.2. The second kappa shape index (κ2) is 10.3. The van der Waals surface area contributed by atoms with Gasteiger partial charge < -0.3 is 25.0 Å². The van der Waals surface area contributed by atoms with Gasteiger partial charge in [0.2, 0.25) is 0 Å². The van der Waals surface area contributed by atoms with E-state index in [4.69, 9.17) is 17.0 Å². The Morgan fingerprint density at radius 1 is 1.18 bits per heavy atom. The van der Waals surface area contributed by atoms with Gasteiger partial charge in [-0.15, -0.1) is 0 Å². The smallest absolute Gasteiger partial charge is 0.387 e. The van der Waals surface area contributed by atoms with E-state index in [0.717, 1.165) is 26.2 Å². The van der Waals surface area contributed by atoms with Gasteiger partial charge in [-0.25, -0.2) is 0 Å². The fourth-order valence-electron chi connectivity index (χ4n) is 3.13. The molecule has 1 aliphatic rings. The fraction of sp³-hybridized carbons (Fsp3) is 0.350. The molecule has 1 unspecified atom stereocenters. The van der Waals surface area contributed by atoms with Crippen molar-refractivity contribution >= 4 is 23.0 Å². The molecule has 5 nitrogen and oxygen atoms in total. The number of halogens is 2. The topological polar surface area (TPSA) is 47.0 Å². The van der Waals surface area contributed by atoms with Gasteiger partial charge in [0.1, 0.15) is 31.5 Å². The van der Waals surface area contributed by atoms with E-state index >= 15 is 0 Å². The van der Waals surface area contributed by atoms with Gasteiger partial charge in [-0.3, -0.25) is 0 Å². The zero-order valence-electron chi connectivity index (χ0n) is 15.4. The van der Waals surface area contributed by atoms with Crippen LogP contribution in [0.4, 0.5) is 14.5 Å². The molecule has 0 radical (unpaired) electrons. The van der Waals surface area contributed by atoms with Crippen molar-refractivity contribution in [1.29, 1.82) is 0 Å². The second-order valence-corrected chi connectivity index (χ2v) is 7.01. The summed E-state index contributed by atoms with van der Waals surface area (Å²) < 4.78 is 34.5. The molecule has 2 aromatic carbocycles. The Balaban J connectivity index is 1.41. The minimum atomic E-state index is -2.83. The number of thiocarbonyl (C=S) groups is 1. The van der Waals surface area contributed by atoms with Crippen LogP contribution < -0.4 is 20.3 Å². The molecule has 3 rings (SSSR count). The Kier molecular flexibility index (Phi) is 7.53. The molecule has 8 heteroatoms. The Labute approximate surface area is 168 Å². The minimum Gasteiger partial charge on any atom is -0.435 e. The van der Waals surface area contributed by atoms with Crippen LogP contribution in [-0.2, 0) is 11.3 Å². The summed E-state index contributed by atoms with van der Waals surface area (Å²) in [4.78, 5) is 1.48. The van der Waals surface area contributed by atoms with Crippen LogP contribution >= 0.6 is 12.2 Å². The predicted molar refractivity (Wildman–Crippen MR) is 108 cm³/mol. The van der Waals surface area contributed by atoms with Crippen LogP contribution in [-0.4, -0.2) is 44.1 Å². The van der Waals surface area contributed by atoms with Crippen LogP contribution in [0.5, 0.6) is 5.75 Å². The summed E-state index contributed by atoms with van der Waals surface area (Å²) in [6, 6.07) is 16.6. The van der Waals surface area contributed by atoms with Gasteiger partial charge in [-0.05, 0) is 36.5 Å². The number of nitrogens with one attached hydrogen (secondary N) is 3. The minimum absolute atomic E-state index is 0.0778. The van der Waals surface area contributed by atoms with Crippen molar-refractivity contribution in [1.82, 2.24) is 5.32 Å². The Morgan fingerprint density at radius 3 is 2.64 bits per heavy atom. The van der Waals surface area contributed by atoms with E-state index in [1.165, 1.54) is 22.6 Å². The van der Waals surface area contributed by atoms with Gasteiger partial charge in [0.15, 0.2) is 5.11 Å². The normalized spacial score (nSPS) is 19.2. The summed E-state index contributed by atoms with van der Waals surface area (Å²) in [7, 11) is 0. The number of hydrogen-bond acceptors (Lipinski definition) is 3. The summed E-state index contributed by atoms with van der Waals surface area (Å²) in [5, 5.41) is 6.65. The molecule has 28 heavy (non-hydrogen) atoms. The van der Waals surface area contributed by atoms with Crippen molar-refractivity contribution in [3.8, 4) is 5.75 Å². The first-order valence-electron chi connectivity index (χ1n) is 9.17. The van der Waals surface area contributed by atoms with Crippen LogP contribution in [0.2, 0.25) is 0 Å². The van der Waals surface area contributed by atoms with Crippen molar-refractivity contribution in [2.24, 2.45) is 0 Å². The number of anilines is 1. The zero-order valence-corrected chi connectivity index (χ0v) is 16.2. The fourth-order valence-corrected chi connectivity index (χ4v) is 3.33. The molecule has 1 fully saturated rings. The third-order valence-electron chi connectivity index (χ3n) is 4.45. The summed E-state index contributed by atoms with van der Waals surface area (Å²) in [5.41, 5.74) is 2.02. The molecule has 1 aliphatic heterocycles. The summed E-state index contributed by atoms with van der Waals surface area (Å²) in [6.07, 6.45) is 0.0778. The first-order chi connectivity index (χ1) is 13.6. The molecule has 3 N–H and O–H groups in total. The van der Waals surface area contributed by atoms with Crippen molar-refractivity contribution in [3.63, 3.8) is 0 Å². The highest BCUT2D eigenvalue weighted by atomic mass is 32.1. The van der Waals surface area contributed by atoms with Gasteiger partial charge in [0.05, 0.1) is 6.61 Å². The largest absolute Gasteiger partial charge is 0.435 e. The van der Waals surface area contributed by atoms with Crippen LogP contribution in [0.1, 0.15) is 5.56 Å². The molecule has 2 aromatic rings. The van der Waals surface area contributed by atoms with Crippen LogP contribution in [0, 0.1) is 0 Å². The van der Waals surface area contributed by atoms with E-state index in [2.05, 4.69) is 39.6 Å². The monoisotopic (exact) mass is 408 g/mol. The zero-order chi connectivity index (χ0) is 19.8. The maximum Gasteiger partial charge on any atom is 0.387 e. The molecule has 0 aliphatic carbocycles. The molecule has 150 valence electrons. The SMILES string of the molecule is FC(F)Oc1ccc(NC(=S)NC[C@@H]2C[NH+](Cc3ccccc3)CCO2)cc1. The lowest BCUT2D eigenvalue weighted by Gasteiger charge is -2.30. The van der Waals surface area contributed by atoms with Crippen LogP contribution in [0.3, 0.4) is 0 Å². The first-order valence-corrected chi connectivity index (χ1v) is 9.58. The summed E-state index contributed by atoms with van der Waals surface area (Å²) >= 11 is 5.31. The van der Waals surface area contributed by atoms with Gasteiger partial charge in [-0.2, -0.15) is 8.78 Å². The second-order valence-electron chi connectivity index (χ2n) is 6.60. The summed E-state index contributed by atoms with van der Waals surface area (Å²) in [6.45, 7) is 1.37. The van der Waals surface area contributed by atoms with E-state index in [1.54, 1.807) is 12.1 Å². The van der Waals surface area contributed by atoms with Crippen molar-refractivity contribution in [2.45, 2.75) is 19.3 Å². The van der Waals surface area contributed by atoms with E-state index < -0.39 is 6.61 Å². The van der Waals surface area contributed by atoms with Crippen molar-refractivity contribution < 1.29 is 23.2 Å². The Hall–Kier alpha value is -2.29. The molecule has 1 saturated heterocycles. The van der Waals surface area contributed by atoms with E-state index in [0.29, 0.717) is 17.3 Å². The lowest BCUT2D eigenvalue weighted by molar-refractivity contribution is -0.925. The first kappa shape index (κ1) is 20.4. The molecule has 2 atom stereocenters. The molecular formula is C20H24F2N3O2S+. The summed E-state index contributed by atoms with van der Waals surface area (Å²) in [5.74, 6) is 0.108. The molecule has 0 bridgehead atoms. The number of benzene rings is 2. The highest BCUT2D eigenvalue weighted by Gasteiger charge is 2.23. The lowest BCUT2D eigenvalue weighted by atomic mass is 10.2. The number of rotatable bonds is 7. The third kappa shape index (κ3) is 6.70. The highest BCUT2D eigenvalue weighted by molar-refractivity contribution is 7.80. The number of ether oxygens (including phenoxy) is 2. The molecular weight excluding hydrogens is 384 g/mol. The van der Waals surface area contributed by atoms with E-state index in [-0.39, 0.29) is 11.9 Å². The number of hydrogen-bond donors (Lipinski definition) is 3. The Bertz CT molecular complexity index is 747.